The molecule has 0 aromatic carbocycles. The van der Waals surface area contributed by atoms with Crippen LogP contribution in [0.4, 0.5) is 5.82 Å². The first-order valence-electron chi connectivity index (χ1n) is 10.0. The van der Waals surface area contributed by atoms with Crippen LogP contribution in [-0.2, 0) is 6.54 Å². The molecule has 9 heteroatoms. The Bertz CT molecular complexity index is 1290. The number of fused-ring (bicyclic) bond motifs is 1. The Morgan fingerprint density at radius 2 is 1.97 bits per heavy atom. The third-order valence-electron chi connectivity index (χ3n) is 4.96. The SMILES string of the molecule is CC(C)n1cnc2c(NCc3ccc(-c4cccnc4)nc3)nc(-c3ccn[nH]3)nc21. The topological polar surface area (TPSA) is 110 Å². The zero-order chi connectivity index (χ0) is 21.2. The van der Waals surface area contributed by atoms with Crippen LogP contribution in [0.15, 0.2) is 61.4 Å². The molecule has 0 saturated heterocycles. The number of imidazole rings is 1. The van der Waals surface area contributed by atoms with Crippen LogP contribution in [0, 0.1) is 0 Å². The van der Waals surface area contributed by atoms with Crippen molar-refractivity contribution in [3.05, 3.63) is 67.0 Å². The van der Waals surface area contributed by atoms with Crippen molar-refractivity contribution in [2.75, 3.05) is 5.32 Å². The molecule has 0 radical (unpaired) electrons. The van der Waals surface area contributed by atoms with Gasteiger partial charge in [0.1, 0.15) is 11.2 Å². The monoisotopic (exact) mass is 411 g/mol. The van der Waals surface area contributed by atoms with Crippen molar-refractivity contribution < 1.29 is 0 Å². The number of hydrogen-bond donors (Lipinski definition) is 2. The molecule has 5 heterocycles. The summed E-state index contributed by atoms with van der Waals surface area (Å²) in [7, 11) is 0. The molecule has 0 bridgehead atoms. The molecule has 9 nitrogen and oxygen atoms in total. The van der Waals surface area contributed by atoms with Crippen molar-refractivity contribution in [3.63, 3.8) is 0 Å². The molecule has 0 saturated carbocycles. The van der Waals surface area contributed by atoms with Gasteiger partial charge in [-0.2, -0.15) is 5.10 Å². The first-order valence-corrected chi connectivity index (χ1v) is 10.0. The second kappa shape index (κ2) is 7.94. The molecule has 154 valence electrons. The second-order valence-electron chi connectivity index (χ2n) is 7.43. The summed E-state index contributed by atoms with van der Waals surface area (Å²) in [5, 5.41) is 10.4. The Morgan fingerprint density at radius 3 is 2.68 bits per heavy atom. The molecular weight excluding hydrogens is 390 g/mol. The normalized spacial score (nSPS) is 11.3. The number of aromatic nitrogens is 8. The van der Waals surface area contributed by atoms with Crippen LogP contribution in [0.1, 0.15) is 25.5 Å². The van der Waals surface area contributed by atoms with Crippen LogP contribution >= 0.6 is 0 Å². The summed E-state index contributed by atoms with van der Waals surface area (Å²) >= 11 is 0. The Hall–Kier alpha value is -4.14. The summed E-state index contributed by atoms with van der Waals surface area (Å²) in [6.45, 7) is 4.76. The maximum atomic E-state index is 4.72. The van der Waals surface area contributed by atoms with E-state index < -0.39 is 0 Å². The van der Waals surface area contributed by atoms with Gasteiger partial charge in [-0.1, -0.05) is 6.07 Å². The van der Waals surface area contributed by atoms with Crippen LogP contribution in [0.5, 0.6) is 0 Å². The number of anilines is 1. The highest BCUT2D eigenvalue weighted by Gasteiger charge is 2.16. The number of rotatable bonds is 6. The van der Waals surface area contributed by atoms with E-state index in [1.165, 1.54) is 0 Å². The Labute approximate surface area is 178 Å². The fourth-order valence-corrected chi connectivity index (χ4v) is 3.32. The number of pyridine rings is 2. The van der Waals surface area contributed by atoms with Crippen LogP contribution in [-0.4, -0.2) is 39.7 Å². The minimum absolute atomic E-state index is 0.228. The number of H-pyrrole nitrogens is 1. The largest absolute Gasteiger partial charge is 0.364 e. The van der Waals surface area contributed by atoms with E-state index in [1.807, 2.05) is 41.1 Å². The molecule has 0 aliphatic carbocycles. The molecule has 0 fully saturated rings. The molecule has 5 aromatic rings. The maximum absolute atomic E-state index is 4.72. The number of hydrogen-bond acceptors (Lipinski definition) is 7. The molecule has 0 spiro atoms. The zero-order valence-corrected chi connectivity index (χ0v) is 17.2. The molecular formula is C22H21N9. The molecule has 31 heavy (non-hydrogen) atoms. The van der Waals surface area contributed by atoms with E-state index in [1.54, 1.807) is 24.9 Å². The minimum atomic E-state index is 0.228. The molecule has 0 aliphatic heterocycles. The van der Waals surface area contributed by atoms with Gasteiger partial charge in [0, 0.05) is 42.9 Å². The highest BCUT2D eigenvalue weighted by atomic mass is 15.2. The fourth-order valence-electron chi connectivity index (χ4n) is 3.32. The Kier molecular flexibility index (Phi) is 4.83. The summed E-state index contributed by atoms with van der Waals surface area (Å²) in [4.78, 5) is 22.7. The molecule has 0 amide bonds. The molecule has 2 N–H and O–H groups in total. The van der Waals surface area contributed by atoms with E-state index in [9.17, 15) is 0 Å². The highest BCUT2D eigenvalue weighted by molar-refractivity contribution is 5.85. The average Bonchev–Trinajstić information content (AvgIpc) is 3.48. The third kappa shape index (κ3) is 3.73. The van der Waals surface area contributed by atoms with Gasteiger partial charge in [-0.15, -0.1) is 0 Å². The molecule has 5 aromatic heterocycles. The van der Waals surface area contributed by atoms with Gasteiger partial charge in [-0.3, -0.25) is 15.1 Å². The van der Waals surface area contributed by atoms with Crippen molar-refractivity contribution in [3.8, 4) is 22.8 Å². The smallest absolute Gasteiger partial charge is 0.181 e. The van der Waals surface area contributed by atoms with Gasteiger partial charge in [-0.05, 0) is 43.7 Å². The van der Waals surface area contributed by atoms with Gasteiger partial charge >= 0.3 is 0 Å². The summed E-state index contributed by atoms with van der Waals surface area (Å²) in [5.41, 5.74) is 5.18. The van der Waals surface area contributed by atoms with Crippen molar-refractivity contribution in [1.82, 2.24) is 39.7 Å². The van der Waals surface area contributed by atoms with Crippen molar-refractivity contribution >= 4 is 17.0 Å². The van der Waals surface area contributed by atoms with E-state index >= 15 is 0 Å². The number of nitrogens with zero attached hydrogens (tertiary/aromatic N) is 7. The third-order valence-corrected chi connectivity index (χ3v) is 4.96. The summed E-state index contributed by atoms with van der Waals surface area (Å²) in [6.07, 6.45) is 8.90. The number of aromatic amines is 1. The lowest BCUT2D eigenvalue weighted by molar-refractivity contribution is 0.613. The van der Waals surface area contributed by atoms with Crippen molar-refractivity contribution in [1.29, 1.82) is 0 Å². The van der Waals surface area contributed by atoms with Crippen LogP contribution < -0.4 is 5.32 Å². The van der Waals surface area contributed by atoms with E-state index in [-0.39, 0.29) is 6.04 Å². The van der Waals surface area contributed by atoms with Gasteiger partial charge < -0.3 is 9.88 Å². The lowest BCUT2D eigenvalue weighted by Crippen LogP contribution is -2.06. The molecule has 0 aliphatic rings. The number of nitrogens with one attached hydrogen (secondary N) is 2. The van der Waals surface area contributed by atoms with E-state index in [4.69, 9.17) is 9.97 Å². The lowest BCUT2D eigenvalue weighted by atomic mass is 10.1. The van der Waals surface area contributed by atoms with Crippen molar-refractivity contribution in [2.45, 2.75) is 26.4 Å². The molecule has 5 rings (SSSR count). The van der Waals surface area contributed by atoms with Gasteiger partial charge in [0.15, 0.2) is 17.3 Å². The van der Waals surface area contributed by atoms with Gasteiger partial charge in [0.2, 0.25) is 0 Å². The summed E-state index contributed by atoms with van der Waals surface area (Å²) < 4.78 is 2.03. The highest BCUT2D eigenvalue weighted by Crippen LogP contribution is 2.25. The van der Waals surface area contributed by atoms with Crippen LogP contribution in [0.2, 0.25) is 0 Å². The first kappa shape index (κ1) is 18.9. The molecule has 0 atom stereocenters. The average molecular weight is 411 g/mol. The fraction of sp³-hybridized carbons (Fsp3) is 0.182. The second-order valence-corrected chi connectivity index (χ2v) is 7.43. The zero-order valence-electron chi connectivity index (χ0n) is 17.2. The first-order chi connectivity index (χ1) is 15.2. The van der Waals surface area contributed by atoms with Gasteiger partial charge in [0.05, 0.1) is 12.0 Å². The molecule has 0 unspecified atom stereocenters. The quantitative estimate of drug-likeness (QED) is 0.436. The van der Waals surface area contributed by atoms with Crippen molar-refractivity contribution in [2.24, 2.45) is 0 Å². The Morgan fingerprint density at radius 1 is 1.03 bits per heavy atom. The van der Waals surface area contributed by atoms with Crippen LogP contribution in [0.25, 0.3) is 33.9 Å². The summed E-state index contributed by atoms with van der Waals surface area (Å²) in [5.74, 6) is 1.24. The van der Waals surface area contributed by atoms with E-state index in [2.05, 4.69) is 44.3 Å². The van der Waals surface area contributed by atoms with Gasteiger partial charge in [-0.25, -0.2) is 15.0 Å². The predicted molar refractivity (Wildman–Crippen MR) is 118 cm³/mol. The maximum Gasteiger partial charge on any atom is 0.181 e. The Balaban J connectivity index is 1.44. The lowest BCUT2D eigenvalue weighted by Gasteiger charge is -2.11. The van der Waals surface area contributed by atoms with E-state index in [0.717, 1.165) is 33.7 Å². The predicted octanol–water partition coefficient (Wildman–Crippen LogP) is 3.87. The van der Waals surface area contributed by atoms with Gasteiger partial charge in [0.25, 0.3) is 0 Å². The standard InChI is InChI=1S/C22H21N9/c1-14(2)31-13-26-19-21(28-20(29-22(19)31)18-7-9-27-30-18)25-11-15-5-6-17(24-10-15)16-4-3-8-23-12-16/h3-10,12-14H,11H2,1-2H3,(H,27,30)(H,25,28,29). The summed E-state index contributed by atoms with van der Waals surface area (Å²) in [6, 6.07) is 10.0. The van der Waals surface area contributed by atoms with E-state index in [0.29, 0.717) is 18.2 Å². The minimum Gasteiger partial charge on any atom is -0.364 e. The van der Waals surface area contributed by atoms with Crippen LogP contribution in [0.3, 0.4) is 0 Å².